The van der Waals surface area contributed by atoms with Crippen LogP contribution in [-0.4, -0.2) is 32.0 Å². The Hall–Kier alpha value is -3.52. The van der Waals surface area contributed by atoms with Gasteiger partial charge in [-0.05, 0) is 36.5 Å². The average Bonchev–Trinajstić information content (AvgIpc) is 2.71. The summed E-state index contributed by atoms with van der Waals surface area (Å²) in [6, 6.07) is 2.34. The number of phenols is 1. The van der Waals surface area contributed by atoms with Crippen molar-refractivity contribution in [3.05, 3.63) is 58.5 Å². The van der Waals surface area contributed by atoms with Gasteiger partial charge in [0.15, 0.2) is 17.2 Å². The lowest BCUT2D eigenvalue weighted by atomic mass is 9.63. The van der Waals surface area contributed by atoms with Crippen LogP contribution in [0.3, 0.4) is 0 Å². The van der Waals surface area contributed by atoms with Crippen LogP contribution in [0.25, 0.3) is 10.9 Å². The van der Waals surface area contributed by atoms with E-state index in [1.807, 2.05) is 0 Å². The molecule has 0 bridgehead atoms. The first-order chi connectivity index (χ1) is 15.7. The van der Waals surface area contributed by atoms with Crippen molar-refractivity contribution in [1.29, 1.82) is 5.26 Å². The topological polar surface area (TPSA) is 102 Å². The molecule has 0 saturated carbocycles. The molecule has 2 atom stereocenters. The van der Waals surface area contributed by atoms with Crippen LogP contribution in [0, 0.1) is 29.9 Å². The summed E-state index contributed by atoms with van der Waals surface area (Å²) in [5, 5.41) is 33.5. The number of hydrogen-bond donors (Lipinski definition) is 3. The van der Waals surface area contributed by atoms with E-state index < -0.39 is 52.6 Å². The van der Waals surface area contributed by atoms with Gasteiger partial charge in [0.1, 0.15) is 17.7 Å². The van der Waals surface area contributed by atoms with Gasteiger partial charge in [-0.2, -0.15) is 18.4 Å². The molecule has 0 spiro atoms. The van der Waals surface area contributed by atoms with E-state index in [0.717, 1.165) is 18.2 Å². The molecule has 1 aliphatic rings. The maximum absolute atomic E-state index is 14.6. The number of phenolic OH excluding ortho intramolecular Hbond substituents is 1. The molecule has 0 radical (unpaired) electrons. The minimum atomic E-state index is -5.19. The van der Waals surface area contributed by atoms with Crippen molar-refractivity contribution < 1.29 is 32.2 Å². The number of nitrogens with zero attached hydrogens (tertiary/aromatic N) is 3. The molecule has 3 N–H and O–H groups in total. The lowest BCUT2D eigenvalue weighted by molar-refractivity contribution is -0.276. The maximum atomic E-state index is 14.6. The van der Waals surface area contributed by atoms with Crippen molar-refractivity contribution in [1.82, 2.24) is 9.97 Å². The Bertz CT molecular complexity index is 1360. The summed E-state index contributed by atoms with van der Waals surface area (Å²) in [6.07, 6.45) is -4.84. The Labute approximate surface area is 190 Å². The summed E-state index contributed by atoms with van der Waals surface area (Å²) in [4.78, 5) is 8.09. The van der Waals surface area contributed by atoms with Crippen molar-refractivity contribution >= 4 is 16.6 Å². The van der Waals surface area contributed by atoms with Crippen molar-refractivity contribution in [2.24, 2.45) is 0 Å². The van der Waals surface area contributed by atoms with Crippen molar-refractivity contribution in [2.75, 3.05) is 5.32 Å². The van der Waals surface area contributed by atoms with Crippen molar-refractivity contribution in [3.8, 4) is 11.8 Å². The molecule has 1 aliphatic carbocycles. The summed E-state index contributed by atoms with van der Waals surface area (Å²) < 4.78 is 71.9. The van der Waals surface area contributed by atoms with E-state index in [9.17, 15) is 37.4 Å². The summed E-state index contributed by atoms with van der Waals surface area (Å²) in [7, 11) is 0. The van der Waals surface area contributed by atoms with E-state index >= 15 is 0 Å². The minimum Gasteiger partial charge on any atom is -0.505 e. The van der Waals surface area contributed by atoms with Crippen molar-refractivity contribution in [3.63, 3.8) is 0 Å². The zero-order valence-corrected chi connectivity index (χ0v) is 18.2. The number of rotatable bonds is 2. The van der Waals surface area contributed by atoms with E-state index in [0.29, 0.717) is 5.82 Å². The minimum absolute atomic E-state index is 0.113. The molecule has 0 fully saturated rings. The number of hydrogen-bond acceptors (Lipinski definition) is 6. The molecule has 6 nitrogen and oxygen atoms in total. The fourth-order valence-corrected chi connectivity index (χ4v) is 4.74. The Kier molecular flexibility index (Phi) is 5.21. The van der Waals surface area contributed by atoms with E-state index in [4.69, 9.17) is 0 Å². The van der Waals surface area contributed by atoms with E-state index in [-0.39, 0.29) is 27.7 Å². The fraction of sp³-hybridized carbons (Fsp3) is 0.348. The third-order valence-electron chi connectivity index (χ3n) is 6.14. The fourth-order valence-electron chi connectivity index (χ4n) is 4.74. The first kappa shape index (κ1) is 23.6. The molecule has 178 valence electrons. The lowest BCUT2D eigenvalue weighted by Crippen LogP contribution is -2.58. The third kappa shape index (κ3) is 3.49. The number of aromatic nitrogens is 2. The average molecular weight is 478 g/mol. The number of halogens is 5. The maximum Gasteiger partial charge on any atom is 0.419 e. The normalized spacial score (nSPS) is 21.7. The second-order valence-electron chi connectivity index (χ2n) is 9.03. The molecule has 1 heterocycles. The largest absolute Gasteiger partial charge is 0.505 e. The van der Waals surface area contributed by atoms with Crippen LogP contribution in [0.15, 0.2) is 24.4 Å². The second kappa shape index (κ2) is 7.50. The van der Waals surface area contributed by atoms with Crippen LogP contribution in [0.1, 0.15) is 48.8 Å². The second-order valence-corrected chi connectivity index (χ2v) is 9.03. The van der Waals surface area contributed by atoms with Crippen LogP contribution >= 0.6 is 0 Å². The summed E-state index contributed by atoms with van der Waals surface area (Å²) >= 11 is 0. The molecular formula is C23H19F5N4O2. The Balaban J connectivity index is 2.03. The predicted octanol–water partition coefficient (Wildman–Crippen LogP) is 4.92. The van der Waals surface area contributed by atoms with Gasteiger partial charge in [0.2, 0.25) is 0 Å². The molecule has 11 heteroatoms. The molecule has 0 aliphatic heterocycles. The Morgan fingerprint density at radius 3 is 2.50 bits per heavy atom. The molecule has 2 unspecified atom stereocenters. The zero-order valence-electron chi connectivity index (χ0n) is 18.2. The van der Waals surface area contributed by atoms with Crippen LogP contribution in [0.2, 0.25) is 0 Å². The Morgan fingerprint density at radius 2 is 1.88 bits per heavy atom. The highest BCUT2D eigenvalue weighted by Crippen LogP contribution is 2.57. The molecule has 2 aromatic carbocycles. The molecular weight excluding hydrogens is 459 g/mol. The number of fused-ring (bicyclic) bond motifs is 2. The molecule has 0 saturated heterocycles. The number of anilines is 1. The van der Waals surface area contributed by atoms with Gasteiger partial charge in [-0.1, -0.05) is 13.8 Å². The molecule has 1 aromatic heterocycles. The first-order valence-electron chi connectivity index (χ1n) is 10.1. The number of alkyl halides is 3. The smallest absolute Gasteiger partial charge is 0.419 e. The van der Waals surface area contributed by atoms with E-state index in [1.165, 1.54) is 26.1 Å². The Morgan fingerprint density at radius 1 is 1.21 bits per heavy atom. The van der Waals surface area contributed by atoms with Gasteiger partial charge in [0.05, 0.1) is 17.1 Å². The predicted molar refractivity (Wildman–Crippen MR) is 112 cm³/mol. The summed E-state index contributed by atoms with van der Waals surface area (Å²) in [5.74, 6) is -2.75. The van der Waals surface area contributed by atoms with Gasteiger partial charge in [0, 0.05) is 28.9 Å². The van der Waals surface area contributed by atoms with Crippen molar-refractivity contribution in [2.45, 2.75) is 50.4 Å². The summed E-state index contributed by atoms with van der Waals surface area (Å²) in [5.41, 5.74) is -6.24. The van der Waals surface area contributed by atoms with Crippen LogP contribution in [0.4, 0.5) is 27.6 Å². The highest BCUT2D eigenvalue weighted by molar-refractivity contribution is 5.91. The van der Waals surface area contributed by atoms with Gasteiger partial charge >= 0.3 is 6.18 Å². The van der Waals surface area contributed by atoms with Gasteiger partial charge in [-0.3, -0.25) is 0 Å². The highest BCUT2D eigenvalue weighted by Gasteiger charge is 2.64. The quantitative estimate of drug-likeness (QED) is 0.452. The molecule has 3 aromatic rings. The number of nitrogens with one attached hydrogen (secondary N) is 1. The van der Waals surface area contributed by atoms with Crippen LogP contribution < -0.4 is 5.32 Å². The van der Waals surface area contributed by atoms with E-state index in [1.54, 1.807) is 6.92 Å². The molecule has 4 rings (SSSR count). The SMILES string of the molecule is Cc1ncc2c(NC3c4cc(C#N)c(F)c(O)c4C(C)(C)CC3(O)C(F)(F)F)cc(F)cc2n1. The van der Waals surface area contributed by atoms with Gasteiger partial charge in [-0.15, -0.1) is 0 Å². The van der Waals surface area contributed by atoms with Gasteiger partial charge < -0.3 is 15.5 Å². The standard InChI is InChI=1S/C23H19F5N4O2/c1-10-30-8-14-15(31-10)5-12(24)6-16(14)32-20-13-4-11(7-29)18(25)19(33)17(13)21(2,3)9-22(20,34)23(26,27)28/h4-6,8,20,32-34H,9H2,1-3H3. The number of aryl methyl sites for hydroxylation is 1. The van der Waals surface area contributed by atoms with E-state index in [2.05, 4.69) is 15.3 Å². The number of aliphatic hydroxyl groups is 1. The van der Waals surface area contributed by atoms with Crippen LogP contribution in [-0.2, 0) is 5.41 Å². The number of aromatic hydroxyl groups is 1. The number of nitriles is 1. The summed E-state index contributed by atoms with van der Waals surface area (Å²) in [6.45, 7) is 4.19. The van der Waals surface area contributed by atoms with Gasteiger partial charge in [0.25, 0.3) is 0 Å². The zero-order chi connectivity index (χ0) is 25.2. The third-order valence-corrected chi connectivity index (χ3v) is 6.14. The van der Waals surface area contributed by atoms with Gasteiger partial charge in [-0.25, -0.2) is 18.7 Å². The first-order valence-corrected chi connectivity index (χ1v) is 10.1. The monoisotopic (exact) mass is 478 g/mol. The number of benzene rings is 2. The molecule has 34 heavy (non-hydrogen) atoms. The highest BCUT2D eigenvalue weighted by atomic mass is 19.4. The lowest BCUT2D eigenvalue weighted by Gasteiger charge is -2.49. The van der Waals surface area contributed by atoms with Crippen LogP contribution in [0.5, 0.6) is 5.75 Å². The molecule has 0 amide bonds.